The van der Waals surface area contributed by atoms with Gasteiger partial charge < -0.3 is 9.47 Å². The predicted molar refractivity (Wildman–Crippen MR) is 66.2 cm³/mol. The molecule has 2 fully saturated rings. The number of anilines is 2. The van der Waals surface area contributed by atoms with Crippen LogP contribution in [0.15, 0.2) is 4.79 Å². The zero-order valence-electron chi connectivity index (χ0n) is 10.8. The van der Waals surface area contributed by atoms with Gasteiger partial charge in [-0.15, -0.1) is 0 Å². The molecule has 0 aromatic carbocycles. The fourth-order valence-corrected chi connectivity index (χ4v) is 2.31. The summed E-state index contributed by atoms with van der Waals surface area (Å²) >= 11 is 0. The molecule has 0 unspecified atom stereocenters. The van der Waals surface area contributed by atoms with Gasteiger partial charge in [-0.05, 0) is 0 Å². The number of rotatable bonds is 2. The Labute approximate surface area is 110 Å². The van der Waals surface area contributed by atoms with E-state index in [-0.39, 0.29) is 5.69 Å². The number of aromatic amines is 3. The SMILES string of the molecule is O=c1[nH]c(N2CCOCC2)[nH+]c(N2CCOCC2)[nH+]1. The summed E-state index contributed by atoms with van der Waals surface area (Å²) in [5.41, 5.74) is -0.207. The second-order valence-electron chi connectivity index (χ2n) is 4.60. The first-order valence-corrected chi connectivity index (χ1v) is 6.57. The van der Waals surface area contributed by atoms with Gasteiger partial charge in [0.2, 0.25) is 0 Å². The van der Waals surface area contributed by atoms with Crippen molar-refractivity contribution in [2.45, 2.75) is 0 Å². The standard InChI is InChI=1S/C11H17N5O3/c17-11-13-9(15-1-5-18-6-2-15)12-10(14-11)16-3-7-19-8-4-16/h1-8H2,(H,12,13,14,17)/p+2. The van der Waals surface area contributed by atoms with Gasteiger partial charge in [0.15, 0.2) is 0 Å². The average Bonchev–Trinajstić information content (AvgIpc) is 2.48. The highest BCUT2D eigenvalue weighted by Gasteiger charge is 2.27. The smallest absolute Gasteiger partial charge is 0.374 e. The topological polar surface area (TPSA) is 86.1 Å². The molecule has 3 rings (SSSR count). The van der Waals surface area contributed by atoms with Crippen molar-refractivity contribution in [2.75, 3.05) is 62.4 Å². The lowest BCUT2D eigenvalue weighted by Crippen LogP contribution is -2.51. The van der Waals surface area contributed by atoms with Crippen molar-refractivity contribution >= 4 is 11.9 Å². The van der Waals surface area contributed by atoms with Crippen LogP contribution < -0.4 is 25.5 Å². The summed E-state index contributed by atoms with van der Waals surface area (Å²) in [5.74, 6) is 1.46. The van der Waals surface area contributed by atoms with Crippen molar-refractivity contribution in [1.29, 1.82) is 0 Å². The molecule has 0 amide bonds. The van der Waals surface area contributed by atoms with E-state index in [1.807, 2.05) is 0 Å². The summed E-state index contributed by atoms with van der Waals surface area (Å²) in [4.78, 5) is 24.8. The van der Waals surface area contributed by atoms with E-state index in [0.29, 0.717) is 26.4 Å². The molecule has 8 heteroatoms. The highest BCUT2D eigenvalue weighted by atomic mass is 16.5. The largest absolute Gasteiger partial charge is 0.470 e. The number of nitrogens with one attached hydrogen (secondary N) is 3. The summed E-state index contributed by atoms with van der Waals surface area (Å²) in [5, 5.41) is 0. The molecule has 2 aliphatic rings. The zero-order chi connectivity index (χ0) is 13.1. The van der Waals surface area contributed by atoms with Gasteiger partial charge in [0.25, 0.3) is 0 Å². The second-order valence-corrected chi connectivity index (χ2v) is 4.60. The van der Waals surface area contributed by atoms with E-state index in [1.54, 1.807) is 0 Å². The number of ether oxygens (including phenoxy) is 2. The van der Waals surface area contributed by atoms with Gasteiger partial charge in [0.05, 0.1) is 52.6 Å². The molecule has 2 aliphatic heterocycles. The van der Waals surface area contributed by atoms with Crippen LogP contribution >= 0.6 is 0 Å². The minimum atomic E-state index is -0.207. The lowest BCUT2D eigenvalue weighted by Gasteiger charge is -2.22. The normalized spacial score (nSPS) is 20.6. The number of morpholine rings is 2. The third-order valence-electron chi connectivity index (χ3n) is 3.36. The number of hydrogen-bond donors (Lipinski definition) is 1. The molecular weight excluding hydrogens is 250 g/mol. The molecule has 3 heterocycles. The van der Waals surface area contributed by atoms with Gasteiger partial charge in [-0.2, -0.15) is 15.0 Å². The van der Waals surface area contributed by atoms with Crippen molar-refractivity contribution < 1.29 is 19.4 Å². The molecule has 0 radical (unpaired) electrons. The maximum atomic E-state index is 11.7. The predicted octanol–water partition coefficient (Wildman–Crippen LogP) is -2.32. The van der Waals surface area contributed by atoms with Gasteiger partial charge in [-0.1, -0.05) is 0 Å². The molecule has 0 aliphatic carbocycles. The van der Waals surface area contributed by atoms with E-state index in [2.05, 4.69) is 24.8 Å². The van der Waals surface area contributed by atoms with Crippen LogP contribution in [0.4, 0.5) is 11.9 Å². The van der Waals surface area contributed by atoms with Gasteiger partial charge in [0, 0.05) is 0 Å². The molecule has 0 spiro atoms. The third-order valence-corrected chi connectivity index (χ3v) is 3.36. The van der Waals surface area contributed by atoms with Crippen molar-refractivity contribution in [2.24, 2.45) is 0 Å². The van der Waals surface area contributed by atoms with Crippen molar-refractivity contribution in [1.82, 2.24) is 4.98 Å². The van der Waals surface area contributed by atoms with E-state index in [4.69, 9.17) is 9.47 Å². The van der Waals surface area contributed by atoms with E-state index in [9.17, 15) is 4.79 Å². The summed E-state index contributed by atoms with van der Waals surface area (Å²) in [7, 11) is 0. The minimum absolute atomic E-state index is 0.207. The van der Waals surface area contributed by atoms with Crippen LogP contribution in [-0.2, 0) is 9.47 Å². The fourth-order valence-electron chi connectivity index (χ4n) is 2.31. The maximum Gasteiger partial charge on any atom is 0.470 e. The fraction of sp³-hybridized carbons (Fsp3) is 0.727. The number of hydrogen-bond acceptors (Lipinski definition) is 5. The first-order valence-electron chi connectivity index (χ1n) is 6.57. The third kappa shape index (κ3) is 2.85. The summed E-state index contributed by atoms with van der Waals surface area (Å²) in [6.07, 6.45) is 0. The van der Waals surface area contributed by atoms with Crippen molar-refractivity contribution in [3.63, 3.8) is 0 Å². The molecule has 0 atom stereocenters. The molecule has 19 heavy (non-hydrogen) atoms. The second kappa shape index (κ2) is 5.54. The Morgan fingerprint density at radius 3 is 2.11 bits per heavy atom. The Morgan fingerprint density at radius 2 is 1.47 bits per heavy atom. The summed E-state index contributed by atoms with van der Waals surface area (Å²) < 4.78 is 10.6. The van der Waals surface area contributed by atoms with Gasteiger partial charge >= 0.3 is 17.6 Å². The lowest BCUT2D eigenvalue weighted by molar-refractivity contribution is -0.517. The van der Waals surface area contributed by atoms with Crippen LogP contribution in [-0.4, -0.2) is 57.6 Å². The zero-order valence-corrected chi connectivity index (χ0v) is 10.8. The van der Waals surface area contributed by atoms with Gasteiger partial charge in [-0.3, -0.25) is 0 Å². The Morgan fingerprint density at radius 1 is 0.895 bits per heavy atom. The van der Waals surface area contributed by atoms with Crippen LogP contribution in [0.5, 0.6) is 0 Å². The quantitative estimate of drug-likeness (QED) is 0.651. The van der Waals surface area contributed by atoms with Crippen LogP contribution in [0, 0.1) is 0 Å². The minimum Gasteiger partial charge on any atom is -0.374 e. The van der Waals surface area contributed by atoms with Crippen LogP contribution in [0.1, 0.15) is 0 Å². The molecule has 3 N–H and O–H groups in total. The summed E-state index contributed by atoms with van der Waals surface area (Å²) in [6.45, 7) is 5.83. The Bertz CT molecular complexity index is 440. The maximum absolute atomic E-state index is 11.7. The first kappa shape index (κ1) is 12.4. The van der Waals surface area contributed by atoms with Crippen LogP contribution in [0.25, 0.3) is 0 Å². The molecule has 1 aromatic heterocycles. The molecule has 2 saturated heterocycles. The molecule has 0 bridgehead atoms. The monoisotopic (exact) mass is 269 g/mol. The van der Waals surface area contributed by atoms with Crippen molar-refractivity contribution in [3.05, 3.63) is 10.5 Å². The Balaban J connectivity index is 1.84. The molecule has 8 nitrogen and oxygen atoms in total. The Hall–Kier alpha value is -1.67. The average molecular weight is 269 g/mol. The molecule has 0 saturated carbocycles. The van der Waals surface area contributed by atoms with Crippen molar-refractivity contribution in [3.8, 4) is 0 Å². The highest BCUT2D eigenvalue weighted by molar-refractivity contribution is 5.25. The molecular formula is C11H19N5O3+2. The van der Waals surface area contributed by atoms with Crippen LogP contribution in [0.2, 0.25) is 0 Å². The number of aromatic nitrogens is 3. The lowest BCUT2D eigenvalue weighted by atomic mass is 10.4. The van der Waals surface area contributed by atoms with E-state index in [0.717, 1.165) is 38.1 Å². The van der Waals surface area contributed by atoms with E-state index in [1.165, 1.54) is 0 Å². The number of H-pyrrole nitrogens is 3. The van der Waals surface area contributed by atoms with E-state index >= 15 is 0 Å². The van der Waals surface area contributed by atoms with Crippen LogP contribution in [0.3, 0.4) is 0 Å². The molecule has 1 aromatic rings. The highest BCUT2D eigenvalue weighted by Crippen LogP contribution is 2.06. The molecule has 104 valence electrons. The van der Waals surface area contributed by atoms with Gasteiger partial charge in [0.1, 0.15) is 0 Å². The van der Waals surface area contributed by atoms with E-state index < -0.39 is 0 Å². The van der Waals surface area contributed by atoms with Gasteiger partial charge in [-0.25, -0.2) is 14.6 Å². The summed E-state index contributed by atoms with van der Waals surface area (Å²) in [6, 6.07) is 0. The Kier molecular flexibility index (Phi) is 3.60. The number of nitrogens with zero attached hydrogens (tertiary/aromatic N) is 2. The first-order chi connectivity index (χ1) is 9.33.